The van der Waals surface area contributed by atoms with Crippen molar-refractivity contribution in [2.24, 2.45) is 5.92 Å². The van der Waals surface area contributed by atoms with Crippen LogP contribution in [0.15, 0.2) is 0 Å². The summed E-state index contributed by atoms with van der Waals surface area (Å²) in [6.07, 6.45) is 1.08. The molecule has 1 aliphatic heterocycles. The van der Waals surface area contributed by atoms with Crippen molar-refractivity contribution in [1.29, 1.82) is 0 Å². The van der Waals surface area contributed by atoms with Crippen molar-refractivity contribution >= 4 is 11.9 Å². The number of carboxylic acid groups (broad SMARTS) is 1. The highest BCUT2D eigenvalue weighted by Crippen LogP contribution is 2.21. The SMILES string of the molecule is CCCN(C(=O)CCOCC)C1COCC1C(=O)O. The van der Waals surface area contributed by atoms with Crippen molar-refractivity contribution in [2.75, 3.05) is 33.0 Å². The fourth-order valence-corrected chi connectivity index (χ4v) is 2.25. The molecule has 19 heavy (non-hydrogen) atoms. The van der Waals surface area contributed by atoms with Crippen molar-refractivity contribution in [2.45, 2.75) is 32.7 Å². The molecule has 1 aliphatic rings. The van der Waals surface area contributed by atoms with Crippen LogP contribution in [0.2, 0.25) is 0 Å². The zero-order valence-corrected chi connectivity index (χ0v) is 11.6. The molecule has 0 aromatic rings. The Bertz CT molecular complexity index is 307. The maximum atomic E-state index is 12.2. The average Bonchev–Trinajstić information content (AvgIpc) is 2.85. The molecule has 2 unspecified atom stereocenters. The number of hydrogen-bond acceptors (Lipinski definition) is 4. The Balaban J connectivity index is 2.64. The van der Waals surface area contributed by atoms with Crippen molar-refractivity contribution in [3.05, 3.63) is 0 Å². The predicted molar refractivity (Wildman–Crippen MR) is 68.8 cm³/mol. The van der Waals surface area contributed by atoms with Gasteiger partial charge in [-0.05, 0) is 13.3 Å². The van der Waals surface area contributed by atoms with E-state index >= 15 is 0 Å². The summed E-state index contributed by atoms with van der Waals surface area (Å²) in [5.74, 6) is -1.58. The average molecular weight is 273 g/mol. The van der Waals surface area contributed by atoms with Gasteiger partial charge in [0, 0.05) is 13.2 Å². The van der Waals surface area contributed by atoms with Crippen LogP contribution in [0.3, 0.4) is 0 Å². The molecule has 1 heterocycles. The monoisotopic (exact) mass is 273 g/mol. The second kappa shape index (κ2) is 8.12. The molecule has 0 aromatic heterocycles. The Morgan fingerprint density at radius 3 is 2.68 bits per heavy atom. The zero-order valence-electron chi connectivity index (χ0n) is 11.6. The van der Waals surface area contributed by atoms with E-state index in [-0.39, 0.29) is 25.0 Å². The lowest BCUT2D eigenvalue weighted by Crippen LogP contribution is -2.47. The minimum absolute atomic E-state index is 0.0583. The largest absolute Gasteiger partial charge is 0.481 e. The summed E-state index contributed by atoms with van der Waals surface area (Å²) in [7, 11) is 0. The van der Waals surface area contributed by atoms with E-state index in [0.717, 1.165) is 6.42 Å². The first-order valence-electron chi connectivity index (χ1n) is 6.79. The molecule has 1 amide bonds. The minimum Gasteiger partial charge on any atom is -0.481 e. The standard InChI is InChI=1S/C13H23NO5/c1-3-6-14(12(15)5-7-18-4-2)11-9-19-8-10(11)13(16)17/h10-11H,3-9H2,1-2H3,(H,16,17). The predicted octanol–water partition coefficient (Wildman–Crippen LogP) is 0.751. The Morgan fingerprint density at radius 2 is 2.11 bits per heavy atom. The van der Waals surface area contributed by atoms with E-state index in [1.54, 1.807) is 4.90 Å². The van der Waals surface area contributed by atoms with Crippen LogP contribution in [0.1, 0.15) is 26.7 Å². The normalized spacial score (nSPS) is 22.4. The van der Waals surface area contributed by atoms with Gasteiger partial charge in [0.25, 0.3) is 0 Å². The maximum absolute atomic E-state index is 12.2. The van der Waals surface area contributed by atoms with Crippen LogP contribution < -0.4 is 0 Å². The fraction of sp³-hybridized carbons (Fsp3) is 0.846. The molecule has 110 valence electrons. The molecule has 6 nitrogen and oxygen atoms in total. The van der Waals surface area contributed by atoms with Gasteiger partial charge < -0.3 is 19.5 Å². The van der Waals surface area contributed by atoms with Gasteiger partial charge in [-0.3, -0.25) is 9.59 Å². The number of hydrogen-bond donors (Lipinski definition) is 1. The van der Waals surface area contributed by atoms with Crippen LogP contribution in [0.25, 0.3) is 0 Å². The van der Waals surface area contributed by atoms with Gasteiger partial charge in [-0.15, -0.1) is 0 Å². The van der Waals surface area contributed by atoms with Gasteiger partial charge in [-0.2, -0.15) is 0 Å². The molecule has 0 radical (unpaired) electrons. The summed E-state index contributed by atoms with van der Waals surface area (Å²) in [4.78, 5) is 25.0. The third-order valence-electron chi connectivity index (χ3n) is 3.22. The molecule has 0 spiro atoms. The summed E-state index contributed by atoms with van der Waals surface area (Å²) in [5.41, 5.74) is 0. The van der Waals surface area contributed by atoms with Gasteiger partial charge in [0.1, 0.15) is 5.92 Å². The molecule has 0 bridgehead atoms. The van der Waals surface area contributed by atoms with Crippen molar-refractivity contribution in [3.63, 3.8) is 0 Å². The molecule has 6 heteroatoms. The van der Waals surface area contributed by atoms with Crippen LogP contribution in [0, 0.1) is 5.92 Å². The Morgan fingerprint density at radius 1 is 1.37 bits per heavy atom. The molecular weight excluding hydrogens is 250 g/mol. The second-order valence-corrected chi connectivity index (χ2v) is 4.58. The van der Waals surface area contributed by atoms with Gasteiger partial charge >= 0.3 is 5.97 Å². The summed E-state index contributed by atoms with van der Waals surface area (Å²) < 4.78 is 10.4. The molecule has 1 rings (SSSR count). The lowest BCUT2D eigenvalue weighted by molar-refractivity contribution is -0.145. The van der Waals surface area contributed by atoms with Gasteiger partial charge in [0.2, 0.25) is 5.91 Å². The molecule has 0 aromatic carbocycles. The molecule has 0 saturated carbocycles. The number of amides is 1. The molecular formula is C13H23NO5. The van der Waals surface area contributed by atoms with E-state index in [4.69, 9.17) is 14.6 Å². The molecule has 1 fully saturated rings. The number of nitrogens with zero attached hydrogens (tertiary/aromatic N) is 1. The minimum atomic E-state index is -0.902. The van der Waals surface area contributed by atoms with E-state index in [2.05, 4.69) is 0 Å². The van der Waals surface area contributed by atoms with Crippen LogP contribution in [-0.4, -0.2) is 60.9 Å². The fourth-order valence-electron chi connectivity index (χ4n) is 2.25. The first kappa shape index (κ1) is 15.9. The summed E-state index contributed by atoms with van der Waals surface area (Å²) in [6.45, 7) is 5.83. The van der Waals surface area contributed by atoms with Gasteiger partial charge in [-0.25, -0.2) is 0 Å². The Labute approximate surface area is 113 Å². The number of carbonyl (C=O) groups excluding carboxylic acids is 1. The highest BCUT2D eigenvalue weighted by atomic mass is 16.5. The number of ether oxygens (including phenoxy) is 2. The van der Waals surface area contributed by atoms with Gasteiger partial charge in [0.15, 0.2) is 0 Å². The highest BCUT2D eigenvalue weighted by molar-refractivity contribution is 5.78. The van der Waals surface area contributed by atoms with Crippen LogP contribution in [0.4, 0.5) is 0 Å². The third kappa shape index (κ3) is 4.47. The van der Waals surface area contributed by atoms with E-state index in [1.807, 2.05) is 13.8 Å². The molecule has 1 saturated heterocycles. The number of aliphatic carboxylic acids is 1. The van der Waals surface area contributed by atoms with E-state index in [0.29, 0.717) is 26.4 Å². The second-order valence-electron chi connectivity index (χ2n) is 4.58. The topological polar surface area (TPSA) is 76.1 Å². The summed E-state index contributed by atoms with van der Waals surface area (Å²) >= 11 is 0. The third-order valence-corrected chi connectivity index (χ3v) is 3.22. The van der Waals surface area contributed by atoms with E-state index in [9.17, 15) is 9.59 Å². The highest BCUT2D eigenvalue weighted by Gasteiger charge is 2.39. The van der Waals surface area contributed by atoms with Crippen molar-refractivity contribution < 1.29 is 24.2 Å². The first-order valence-corrected chi connectivity index (χ1v) is 6.79. The molecule has 0 aliphatic carbocycles. The lowest BCUT2D eigenvalue weighted by atomic mass is 10.0. The Hall–Kier alpha value is -1.14. The first-order chi connectivity index (χ1) is 9.11. The molecule has 1 N–H and O–H groups in total. The number of carboxylic acids is 1. The molecule has 2 atom stereocenters. The smallest absolute Gasteiger partial charge is 0.311 e. The maximum Gasteiger partial charge on any atom is 0.311 e. The van der Waals surface area contributed by atoms with Gasteiger partial charge in [0.05, 0.1) is 32.3 Å². The summed E-state index contributed by atoms with van der Waals surface area (Å²) in [5, 5.41) is 9.15. The van der Waals surface area contributed by atoms with Crippen LogP contribution in [0.5, 0.6) is 0 Å². The summed E-state index contributed by atoms with van der Waals surface area (Å²) in [6, 6.07) is -0.355. The Kier molecular flexibility index (Phi) is 6.80. The van der Waals surface area contributed by atoms with Crippen LogP contribution in [-0.2, 0) is 19.1 Å². The van der Waals surface area contributed by atoms with Crippen molar-refractivity contribution in [3.8, 4) is 0 Å². The number of rotatable bonds is 8. The van der Waals surface area contributed by atoms with Crippen LogP contribution >= 0.6 is 0 Å². The number of carbonyl (C=O) groups is 2. The van der Waals surface area contributed by atoms with Gasteiger partial charge in [-0.1, -0.05) is 6.92 Å². The van der Waals surface area contributed by atoms with Crippen molar-refractivity contribution in [1.82, 2.24) is 4.90 Å². The zero-order chi connectivity index (χ0) is 14.3. The lowest BCUT2D eigenvalue weighted by Gasteiger charge is -2.30. The van der Waals surface area contributed by atoms with E-state index < -0.39 is 11.9 Å². The quantitative estimate of drug-likeness (QED) is 0.660. The van der Waals surface area contributed by atoms with E-state index in [1.165, 1.54) is 0 Å².